The van der Waals surface area contributed by atoms with Crippen molar-refractivity contribution < 1.29 is 4.79 Å². The number of benzene rings is 1. The van der Waals surface area contributed by atoms with Crippen LogP contribution in [0.5, 0.6) is 0 Å². The Morgan fingerprint density at radius 3 is 2.40 bits per heavy atom. The molecular weight excluding hydrogens is 250 g/mol. The van der Waals surface area contributed by atoms with E-state index < -0.39 is 0 Å². The number of carbonyl (C=O) groups excluding carboxylic acids is 1. The first kappa shape index (κ1) is 14.1. The maximum atomic E-state index is 12.4. The minimum Gasteiger partial charge on any atom is -0.318 e. The number of nitrogens with one attached hydrogen (secondary N) is 1. The van der Waals surface area contributed by atoms with E-state index in [-0.39, 0.29) is 12.1 Å². The average Bonchev–Trinajstić information content (AvgIpc) is 2.46. The van der Waals surface area contributed by atoms with Gasteiger partial charge in [-0.15, -0.1) is 0 Å². The van der Waals surface area contributed by atoms with Crippen molar-refractivity contribution in [2.75, 3.05) is 5.32 Å². The van der Waals surface area contributed by atoms with E-state index in [9.17, 15) is 4.79 Å². The molecule has 20 heavy (non-hydrogen) atoms. The highest BCUT2D eigenvalue weighted by molar-refractivity contribution is 5.89. The second-order valence-electron chi connectivity index (χ2n) is 4.87. The minimum absolute atomic E-state index is 0.102. The second kappa shape index (κ2) is 6.70. The largest absolute Gasteiger partial charge is 0.322 e. The summed E-state index contributed by atoms with van der Waals surface area (Å²) in [7, 11) is 0. The fraction of sp³-hybridized carbons (Fsp3) is 0.250. The maximum Gasteiger partial charge on any atom is 0.322 e. The van der Waals surface area contributed by atoms with Gasteiger partial charge in [-0.25, -0.2) is 4.79 Å². The summed E-state index contributed by atoms with van der Waals surface area (Å²) in [5.74, 6) is 0. The molecule has 4 nitrogen and oxygen atoms in total. The van der Waals surface area contributed by atoms with Crippen molar-refractivity contribution in [1.82, 2.24) is 9.88 Å². The Hall–Kier alpha value is -2.36. The SMILES string of the molecule is CC(C)N(Cc1ccccc1)C(=O)Nc1ccncc1. The number of aromatic nitrogens is 1. The molecule has 0 atom stereocenters. The summed E-state index contributed by atoms with van der Waals surface area (Å²) in [4.78, 5) is 18.1. The molecule has 0 saturated heterocycles. The van der Waals surface area contributed by atoms with E-state index >= 15 is 0 Å². The van der Waals surface area contributed by atoms with Crippen LogP contribution in [0.25, 0.3) is 0 Å². The number of carbonyl (C=O) groups is 1. The number of amides is 2. The highest BCUT2D eigenvalue weighted by Gasteiger charge is 2.17. The van der Waals surface area contributed by atoms with Crippen LogP contribution >= 0.6 is 0 Å². The lowest BCUT2D eigenvalue weighted by Crippen LogP contribution is -2.39. The van der Waals surface area contributed by atoms with Crippen LogP contribution in [-0.4, -0.2) is 22.0 Å². The highest BCUT2D eigenvalue weighted by Crippen LogP contribution is 2.11. The van der Waals surface area contributed by atoms with Gasteiger partial charge < -0.3 is 10.2 Å². The molecule has 0 aliphatic heterocycles. The molecule has 2 rings (SSSR count). The van der Waals surface area contributed by atoms with Gasteiger partial charge in [0.15, 0.2) is 0 Å². The fourth-order valence-electron chi connectivity index (χ4n) is 1.90. The van der Waals surface area contributed by atoms with Crippen molar-refractivity contribution in [2.45, 2.75) is 26.4 Å². The zero-order chi connectivity index (χ0) is 14.4. The van der Waals surface area contributed by atoms with E-state index in [1.807, 2.05) is 44.2 Å². The quantitative estimate of drug-likeness (QED) is 0.923. The Bertz CT molecular complexity index is 540. The van der Waals surface area contributed by atoms with Gasteiger partial charge in [0.05, 0.1) is 0 Å². The standard InChI is InChI=1S/C16H19N3O/c1-13(2)19(12-14-6-4-3-5-7-14)16(20)18-15-8-10-17-11-9-15/h3-11,13H,12H2,1-2H3,(H,17,18,20). The lowest BCUT2D eigenvalue weighted by Gasteiger charge is -2.27. The predicted octanol–water partition coefficient (Wildman–Crippen LogP) is 3.52. The normalized spacial score (nSPS) is 10.3. The lowest BCUT2D eigenvalue weighted by atomic mass is 10.2. The first-order valence-electron chi connectivity index (χ1n) is 6.68. The molecule has 0 saturated carbocycles. The van der Waals surface area contributed by atoms with Gasteiger partial charge in [-0.1, -0.05) is 30.3 Å². The average molecular weight is 269 g/mol. The molecule has 1 aromatic heterocycles. The van der Waals surface area contributed by atoms with Crippen molar-refractivity contribution in [1.29, 1.82) is 0 Å². The third kappa shape index (κ3) is 3.82. The van der Waals surface area contributed by atoms with Gasteiger partial charge in [0.1, 0.15) is 0 Å². The number of pyridine rings is 1. The van der Waals surface area contributed by atoms with Crippen LogP contribution in [0.1, 0.15) is 19.4 Å². The first-order chi connectivity index (χ1) is 9.66. The van der Waals surface area contributed by atoms with Crippen molar-refractivity contribution in [2.24, 2.45) is 0 Å². The van der Waals surface area contributed by atoms with Gasteiger partial charge >= 0.3 is 6.03 Å². The van der Waals surface area contributed by atoms with E-state index in [0.717, 1.165) is 11.3 Å². The number of urea groups is 1. The number of nitrogens with zero attached hydrogens (tertiary/aromatic N) is 2. The molecule has 0 aliphatic rings. The maximum absolute atomic E-state index is 12.4. The summed E-state index contributed by atoms with van der Waals surface area (Å²) in [6.07, 6.45) is 3.32. The predicted molar refractivity (Wildman–Crippen MR) is 80.4 cm³/mol. The Kier molecular flexibility index (Phi) is 4.71. The molecule has 0 bridgehead atoms. The smallest absolute Gasteiger partial charge is 0.318 e. The van der Waals surface area contributed by atoms with E-state index in [1.54, 1.807) is 29.4 Å². The Morgan fingerprint density at radius 1 is 1.15 bits per heavy atom. The molecule has 4 heteroatoms. The van der Waals surface area contributed by atoms with Crippen molar-refractivity contribution >= 4 is 11.7 Å². The summed E-state index contributed by atoms with van der Waals surface area (Å²) in [5, 5.41) is 2.89. The molecule has 2 amide bonds. The molecule has 0 unspecified atom stereocenters. The minimum atomic E-state index is -0.102. The van der Waals surface area contributed by atoms with E-state index in [4.69, 9.17) is 0 Å². The van der Waals surface area contributed by atoms with E-state index in [2.05, 4.69) is 10.3 Å². The number of anilines is 1. The van der Waals surface area contributed by atoms with Crippen molar-refractivity contribution in [3.8, 4) is 0 Å². The van der Waals surface area contributed by atoms with Crippen LogP contribution < -0.4 is 5.32 Å². The summed E-state index contributed by atoms with van der Waals surface area (Å²) < 4.78 is 0. The zero-order valence-electron chi connectivity index (χ0n) is 11.8. The summed E-state index contributed by atoms with van der Waals surface area (Å²) in [6, 6.07) is 13.6. The van der Waals surface area contributed by atoms with Gasteiger partial charge in [-0.2, -0.15) is 0 Å². The van der Waals surface area contributed by atoms with Crippen LogP contribution in [0, 0.1) is 0 Å². The molecule has 2 aromatic rings. The van der Waals surface area contributed by atoms with Gasteiger partial charge in [-0.3, -0.25) is 4.98 Å². The van der Waals surface area contributed by atoms with E-state index in [1.165, 1.54) is 0 Å². The van der Waals surface area contributed by atoms with Gasteiger partial charge in [0.25, 0.3) is 0 Å². The van der Waals surface area contributed by atoms with Gasteiger partial charge in [0, 0.05) is 30.7 Å². The van der Waals surface area contributed by atoms with Crippen molar-refractivity contribution in [3.63, 3.8) is 0 Å². The van der Waals surface area contributed by atoms with Crippen LogP contribution in [-0.2, 0) is 6.54 Å². The third-order valence-corrected chi connectivity index (χ3v) is 3.01. The first-order valence-corrected chi connectivity index (χ1v) is 6.68. The molecular formula is C16H19N3O. The van der Waals surface area contributed by atoms with Crippen LogP contribution in [0.4, 0.5) is 10.5 Å². The fourth-order valence-corrected chi connectivity index (χ4v) is 1.90. The van der Waals surface area contributed by atoms with E-state index in [0.29, 0.717) is 6.54 Å². The number of hydrogen-bond donors (Lipinski definition) is 1. The van der Waals surface area contributed by atoms with Crippen LogP contribution in [0.15, 0.2) is 54.9 Å². The summed E-state index contributed by atoms with van der Waals surface area (Å²) in [5.41, 5.74) is 1.87. The molecule has 1 heterocycles. The molecule has 104 valence electrons. The molecule has 0 aliphatic carbocycles. The van der Waals surface area contributed by atoms with Gasteiger partial charge in [0.2, 0.25) is 0 Å². The zero-order valence-corrected chi connectivity index (χ0v) is 11.8. The summed E-state index contributed by atoms with van der Waals surface area (Å²) >= 11 is 0. The van der Waals surface area contributed by atoms with Crippen molar-refractivity contribution in [3.05, 3.63) is 60.4 Å². The Morgan fingerprint density at radius 2 is 1.80 bits per heavy atom. The highest BCUT2D eigenvalue weighted by atomic mass is 16.2. The monoisotopic (exact) mass is 269 g/mol. The molecule has 0 fully saturated rings. The Balaban J connectivity index is 2.07. The molecule has 1 aromatic carbocycles. The topological polar surface area (TPSA) is 45.2 Å². The Labute approximate surface area is 119 Å². The third-order valence-electron chi connectivity index (χ3n) is 3.01. The van der Waals surface area contributed by atoms with Crippen LogP contribution in [0.3, 0.4) is 0 Å². The van der Waals surface area contributed by atoms with Crippen LogP contribution in [0.2, 0.25) is 0 Å². The number of hydrogen-bond acceptors (Lipinski definition) is 2. The molecule has 0 radical (unpaired) electrons. The van der Waals surface area contributed by atoms with Gasteiger partial charge in [-0.05, 0) is 31.5 Å². The lowest BCUT2D eigenvalue weighted by molar-refractivity contribution is 0.193. The summed E-state index contributed by atoms with van der Waals surface area (Å²) in [6.45, 7) is 4.61. The number of rotatable bonds is 4. The second-order valence-corrected chi connectivity index (χ2v) is 4.87. The molecule has 1 N–H and O–H groups in total. The molecule has 0 spiro atoms.